The van der Waals surface area contributed by atoms with Gasteiger partial charge in [0.2, 0.25) is 0 Å². The highest BCUT2D eigenvalue weighted by Gasteiger charge is 2.40. The van der Waals surface area contributed by atoms with Crippen LogP contribution in [0.2, 0.25) is 5.02 Å². The number of carbonyl (C=O) groups excluding carboxylic acids is 2. The van der Waals surface area contributed by atoms with Gasteiger partial charge in [-0.05, 0) is 28.6 Å². The summed E-state index contributed by atoms with van der Waals surface area (Å²) in [6, 6.07) is 3.77. The molecule has 0 saturated heterocycles. The molecule has 1 aromatic heterocycles. The summed E-state index contributed by atoms with van der Waals surface area (Å²) in [5.41, 5.74) is -0.796. The Bertz CT molecular complexity index is 976. The van der Waals surface area contributed by atoms with Crippen molar-refractivity contribution in [2.75, 3.05) is 6.26 Å². The lowest BCUT2D eigenvalue weighted by molar-refractivity contribution is -0.126. The molecule has 1 heterocycles. The fourth-order valence-corrected chi connectivity index (χ4v) is 3.33. The van der Waals surface area contributed by atoms with Gasteiger partial charge in [-0.15, -0.1) is 5.10 Å². The van der Waals surface area contributed by atoms with Crippen LogP contribution in [0.4, 0.5) is 0 Å². The van der Waals surface area contributed by atoms with Crippen LogP contribution in [0.5, 0.6) is 0 Å². The molecule has 0 spiro atoms. The zero-order valence-corrected chi connectivity index (χ0v) is 16.6. The van der Waals surface area contributed by atoms with Crippen LogP contribution in [0.3, 0.4) is 0 Å². The van der Waals surface area contributed by atoms with E-state index in [0.717, 1.165) is 6.26 Å². The maximum Gasteiger partial charge on any atom is 0.182 e. The van der Waals surface area contributed by atoms with Gasteiger partial charge in [-0.25, -0.2) is 13.1 Å². The van der Waals surface area contributed by atoms with E-state index in [-0.39, 0.29) is 27.1 Å². The number of aryl methyl sites for hydroxylation is 1. The molecule has 0 saturated carbocycles. The molecule has 1 unspecified atom stereocenters. The Kier molecular flexibility index (Phi) is 5.34. The number of hydrogen-bond acceptors (Lipinski definition) is 7. The molecule has 8 nitrogen and oxygen atoms in total. The average Bonchev–Trinajstić information content (AvgIpc) is 2.91. The van der Waals surface area contributed by atoms with Crippen LogP contribution in [-0.4, -0.2) is 46.4 Å². The van der Waals surface area contributed by atoms with Gasteiger partial charge in [-0.3, -0.25) is 9.59 Å². The van der Waals surface area contributed by atoms with Crippen molar-refractivity contribution in [2.45, 2.75) is 31.6 Å². The molecule has 0 amide bonds. The van der Waals surface area contributed by atoms with Crippen molar-refractivity contribution >= 4 is 33.0 Å². The molecule has 0 aliphatic rings. The first-order chi connectivity index (χ1) is 11.8. The maximum atomic E-state index is 13.1. The third-order valence-electron chi connectivity index (χ3n) is 3.81. The minimum Gasteiger partial charge on any atom is -0.298 e. The molecule has 2 aromatic rings. The molecular formula is C16H19ClN4O4S. The Morgan fingerprint density at radius 3 is 2.27 bits per heavy atom. The minimum atomic E-state index is -3.48. The predicted molar refractivity (Wildman–Crippen MR) is 94.9 cm³/mol. The van der Waals surface area contributed by atoms with E-state index in [0.29, 0.717) is 0 Å². The number of aromatic nitrogens is 4. The van der Waals surface area contributed by atoms with Crippen molar-refractivity contribution in [3.8, 4) is 0 Å². The number of sulfone groups is 1. The van der Waals surface area contributed by atoms with Gasteiger partial charge < -0.3 is 0 Å². The minimum absolute atomic E-state index is 0.0157. The van der Waals surface area contributed by atoms with Gasteiger partial charge in [0.25, 0.3) is 0 Å². The highest BCUT2D eigenvalue weighted by atomic mass is 35.5. The van der Waals surface area contributed by atoms with E-state index in [9.17, 15) is 18.0 Å². The van der Waals surface area contributed by atoms with Crippen molar-refractivity contribution in [2.24, 2.45) is 12.5 Å². The van der Waals surface area contributed by atoms with Crippen LogP contribution in [0, 0.1) is 5.41 Å². The third kappa shape index (κ3) is 3.99. The van der Waals surface area contributed by atoms with Crippen LogP contribution < -0.4 is 0 Å². The van der Waals surface area contributed by atoms with E-state index in [4.69, 9.17) is 11.6 Å². The Morgan fingerprint density at radius 2 is 1.85 bits per heavy atom. The second kappa shape index (κ2) is 6.88. The topological polar surface area (TPSA) is 112 Å². The number of hydrogen-bond donors (Lipinski definition) is 0. The second-order valence-corrected chi connectivity index (χ2v) is 9.41. The molecule has 0 radical (unpaired) electrons. The molecule has 0 bridgehead atoms. The van der Waals surface area contributed by atoms with Crippen LogP contribution in [0.15, 0.2) is 23.1 Å². The van der Waals surface area contributed by atoms with E-state index in [1.54, 1.807) is 20.8 Å². The summed E-state index contributed by atoms with van der Waals surface area (Å²) >= 11 is 6.14. The quantitative estimate of drug-likeness (QED) is 0.557. The number of ketones is 2. The van der Waals surface area contributed by atoms with Crippen molar-refractivity contribution < 1.29 is 18.0 Å². The number of Topliss-reactive ketones (excluding diaryl/α,β-unsaturated/α-hetero) is 2. The molecular weight excluding hydrogens is 380 g/mol. The molecule has 10 heteroatoms. The number of tetrazole rings is 1. The fraction of sp³-hybridized carbons (Fsp3) is 0.438. The SMILES string of the molecule is Cn1nnnc1C(C(=O)c1ccc(S(C)(=O)=O)cc1Cl)C(=O)C(C)(C)C. The van der Waals surface area contributed by atoms with E-state index >= 15 is 0 Å². The average molecular weight is 399 g/mol. The van der Waals surface area contributed by atoms with Crippen molar-refractivity contribution in [1.82, 2.24) is 20.2 Å². The Morgan fingerprint density at radius 1 is 1.23 bits per heavy atom. The highest BCUT2D eigenvalue weighted by Crippen LogP contribution is 2.32. The lowest BCUT2D eigenvalue weighted by atomic mass is 9.79. The summed E-state index contributed by atoms with van der Waals surface area (Å²) in [5.74, 6) is -2.12. The van der Waals surface area contributed by atoms with Gasteiger partial charge in [0, 0.05) is 24.3 Å². The molecule has 2 rings (SSSR count). The van der Waals surface area contributed by atoms with Gasteiger partial charge in [-0.2, -0.15) is 0 Å². The van der Waals surface area contributed by atoms with E-state index in [1.165, 1.54) is 29.9 Å². The standard InChI is InChI=1S/C16H19ClN4O4S/c1-16(2,3)14(23)12(15-18-19-20-21(15)4)13(22)10-7-6-9(8-11(10)17)26(5,24)25/h6-8,12H,1-5H3. The molecule has 0 aliphatic carbocycles. The maximum absolute atomic E-state index is 13.1. The number of benzene rings is 1. The number of nitrogens with zero attached hydrogens (tertiary/aromatic N) is 4. The van der Waals surface area contributed by atoms with Gasteiger partial charge >= 0.3 is 0 Å². The first kappa shape index (κ1) is 20.2. The van der Waals surface area contributed by atoms with Crippen LogP contribution in [0.25, 0.3) is 0 Å². The van der Waals surface area contributed by atoms with E-state index < -0.39 is 27.0 Å². The van der Waals surface area contributed by atoms with Gasteiger partial charge in [0.1, 0.15) is 5.92 Å². The van der Waals surface area contributed by atoms with Crippen LogP contribution in [-0.2, 0) is 21.7 Å². The summed E-state index contributed by atoms with van der Waals surface area (Å²) in [5, 5.41) is 10.9. The Labute approximate surface area is 156 Å². The summed E-state index contributed by atoms with van der Waals surface area (Å²) in [7, 11) is -1.95. The second-order valence-electron chi connectivity index (χ2n) is 6.99. The predicted octanol–water partition coefficient (Wildman–Crippen LogP) is 1.85. The van der Waals surface area contributed by atoms with Crippen LogP contribution >= 0.6 is 11.6 Å². The summed E-state index contributed by atoms with van der Waals surface area (Å²) < 4.78 is 24.5. The lowest BCUT2D eigenvalue weighted by Crippen LogP contribution is -2.34. The largest absolute Gasteiger partial charge is 0.298 e. The monoisotopic (exact) mass is 398 g/mol. The number of halogens is 1. The first-order valence-electron chi connectivity index (χ1n) is 7.64. The number of carbonyl (C=O) groups is 2. The van der Waals surface area contributed by atoms with Gasteiger partial charge in [-0.1, -0.05) is 32.4 Å². The summed E-state index contributed by atoms with van der Waals surface area (Å²) in [6.07, 6.45) is 1.04. The van der Waals surface area contributed by atoms with Crippen molar-refractivity contribution in [1.29, 1.82) is 0 Å². The molecule has 0 aliphatic heterocycles. The van der Waals surface area contributed by atoms with Crippen LogP contribution in [0.1, 0.15) is 42.9 Å². The van der Waals surface area contributed by atoms with Crippen molar-refractivity contribution in [3.63, 3.8) is 0 Å². The highest BCUT2D eigenvalue weighted by molar-refractivity contribution is 7.90. The Balaban J connectivity index is 2.58. The molecule has 140 valence electrons. The summed E-state index contributed by atoms with van der Waals surface area (Å²) in [4.78, 5) is 26.0. The van der Waals surface area contributed by atoms with Crippen molar-refractivity contribution in [3.05, 3.63) is 34.6 Å². The smallest absolute Gasteiger partial charge is 0.182 e. The summed E-state index contributed by atoms with van der Waals surface area (Å²) in [6.45, 7) is 5.06. The Hall–Kier alpha value is -2.13. The first-order valence-corrected chi connectivity index (χ1v) is 9.91. The zero-order chi connectivity index (χ0) is 19.9. The molecule has 1 atom stereocenters. The molecule has 26 heavy (non-hydrogen) atoms. The normalized spacial score (nSPS) is 13.5. The lowest BCUT2D eigenvalue weighted by Gasteiger charge is -2.23. The van der Waals surface area contributed by atoms with Gasteiger partial charge in [0.05, 0.1) is 9.92 Å². The molecule has 0 fully saturated rings. The fourth-order valence-electron chi connectivity index (χ4n) is 2.35. The third-order valence-corrected chi connectivity index (χ3v) is 5.23. The van der Waals surface area contributed by atoms with E-state index in [1.807, 2.05) is 0 Å². The zero-order valence-electron chi connectivity index (χ0n) is 15.0. The van der Waals surface area contributed by atoms with E-state index in [2.05, 4.69) is 15.5 Å². The molecule has 0 N–H and O–H groups in total. The molecule has 1 aromatic carbocycles. The van der Waals surface area contributed by atoms with Gasteiger partial charge in [0.15, 0.2) is 27.2 Å². The number of rotatable bonds is 5.